The van der Waals surface area contributed by atoms with Crippen LogP contribution in [-0.2, 0) is 11.8 Å². The van der Waals surface area contributed by atoms with E-state index in [2.05, 4.69) is 55.3 Å². The first-order valence-corrected chi connectivity index (χ1v) is 10.4. The van der Waals surface area contributed by atoms with E-state index < -0.39 is 0 Å². The van der Waals surface area contributed by atoms with Crippen molar-refractivity contribution in [2.45, 2.75) is 63.3 Å². The Hall–Kier alpha value is -1.54. The number of rotatable bonds is 3. The Morgan fingerprint density at radius 2 is 2.08 bits per heavy atom. The minimum Gasteiger partial charge on any atom is -0.508 e. The van der Waals surface area contributed by atoms with Crippen LogP contribution in [0.5, 0.6) is 5.75 Å². The van der Waals surface area contributed by atoms with Gasteiger partial charge in [0.15, 0.2) is 0 Å². The van der Waals surface area contributed by atoms with Crippen molar-refractivity contribution in [3.63, 3.8) is 0 Å². The largest absolute Gasteiger partial charge is 0.508 e. The van der Waals surface area contributed by atoms with Crippen molar-refractivity contribution in [2.24, 2.45) is 11.8 Å². The van der Waals surface area contributed by atoms with Gasteiger partial charge < -0.3 is 10.0 Å². The fourth-order valence-corrected chi connectivity index (χ4v) is 6.06. The second-order valence-corrected chi connectivity index (χ2v) is 9.02. The van der Waals surface area contributed by atoms with Crippen molar-refractivity contribution in [2.75, 3.05) is 13.6 Å². The summed E-state index contributed by atoms with van der Waals surface area (Å²) in [5, 5.41) is 10.2. The molecule has 2 unspecified atom stereocenters. The number of benzene rings is 1. The van der Waals surface area contributed by atoms with Gasteiger partial charge in [-0.05, 0) is 67.8 Å². The molecule has 2 heteroatoms. The number of hydrogen-bond donors (Lipinski definition) is 1. The van der Waals surface area contributed by atoms with Gasteiger partial charge in [-0.15, -0.1) is 0 Å². The van der Waals surface area contributed by atoms with E-state index in [1.165, 1.54) is 49.7 Å². The highest BCUT2D eigenvalue weighted by molar-refractivity contribution is 5.44. The van der Waals surface area contributed by atoms with Crippen LogP contribution in [-0.4, -0.2) is 29.6 Å². The van der Waals surface area contributed by atoms with E-state index >= 15 is 0 Å². The maximum Gasteiger partial charge on any atom is 0.115 e. The van der Waals surface area contributed by atoms with E-state index in [0.717, 1.165) is 18.9 Å². The Morgan fingerprint density at radius 1 is 1.19 bits per heavy atom. The van der Waals surface area contributed by atoms with Gasteiger partial charge in [-0.2, -0.15) is 0 Å². The lowest BCUT2D eigenvalue weighted by Gasteiger charge is -2.53. The van der Waals surface area contributed by atoms with Crippen LogP contribution in [0.15, 0.2) is 42.5 Å². The molecule has 1 aromatic carbocycles. The lowest BCUT2D eigenvalue weighted by atomic mass is 9.59. The number of fused-ring (bicyclic) bond motifs is 4. The fraction of sp³-hybridized carbons (Fsp3) is 0.583. The highest BCUT2D eigenvalue weighted by Gasteiger charge is 2.47. The summed E-state index contributed by atoms with van der Waals surface area (Å²) in [6.07, 6.45) is 18.0. The molecule has 3 aliphatic carbocycles. The van der Waals surface area contributed by atoms with Gasteiger partial charge in [-0.25, -0.2) is 0 Å². The third-order valence-electron chi connectivity index (χ3n) is 7.13. The summed E-state index contributed by atoms with van der Waals surface area (Å²) in [4.78, 5) is 2.66. The van der Waals surface area contributed by atoms with Crippen LogP contribution >= 0.6 is 0 Å². The number of likely N-dealkylation sites (N-methyl/N-ethyl adjacent to an activating group) is 1. The first kappa shape index (κ1) is 17.9. The van der Waals surface area contributed by atoms with Gasteiger partial charge in [-0.1, -0.05) is 56.6 Å². The smallest absolute Gasteiger partial charge is 0.115 e. The van der Waals surface area contributed by atoms with Gasteiger partial charge >= 0.3 is 0 Å². The Labute approximate surface area is 158 Å². The zero-order valence-electron chi connectivity index (χ0n) is 16.3. The molecule has 1 N–H and O–H groups in total. The maximum absolute atomic E-state index is 10.2. The molecule has 1 fully saturated rings. The summed E-state index contributed by atoms with van der Waals surface area (Å²) in [7, 11) is 2.34. The van der Waals surface area contributed by atoms with Crippen molar-refractivity contribution in [1.82, 2.24) is 4.90 Å². The van der Waals surface area contributed by atoms with Crippen molar-refractivity contribution in [1.29, 1.82) is 0 Å². The third-order valence-corrected chi connectivity index (χ3v) is 7.13. The molecule has 1 aromatic rings. The van der Waals surface area contributed by atoms with Crippen LogP contribution in [0.25, 0.3) is 0 Å². The summed E-state index contributed by atoms with van der Waals surface area (Å²) in [6, 6.07) is 6.70. The zero-order valence-corrected chi connectivity index (χ0v) is 16.3. The first-order chi connectivity index (χ1) is 12.6. The standard InChI is InChI=1S/C24H33NO/c1-24-14-8-4-7-11-20(15-19-12-13-21(26)16-22(19)24)23(24)25(2)17-18-9-5-3-6-10-18/h3,5-6,9,12-13,16,18,20,23,26H,4,7-8,10-11,14-15,17H2,1-2H3/t18?,20-,23?,24+/m0/s1. The maximum atomic E-state index is 10.2. The van der Waals surface area contributed by atoms with Gasteiger partial charge in [0.25, 0.3) is 0 Å². The molecule has 140 valence electrons. The minimum atomic E-state index is 0.139. The summed E-state index contributed by atoms with van der Waals surface area (Å²) < 4.78 is 0. The highest BCUT2D eigenvalue weighted by atomic mass is 16.3. The van der Waals surface area contributed by atoms with E-state index in [9.17, 15) is 5.11 Å². The van der Waals surface area contributed by atoms with E-state index in [1.807, 2.05) is 6.07 Å². The normalized spacial score (nSPS) is 33.6. The number of phenols is 1. The first-order valence-electron chi connectivity index (χ1n) is 10.4. The summed E-state index contributed by atoms with van der Waals surface area (Å²) in [5.74, 6) is 1.78. The lowest BCUT2D eigenvalue weighted by Crippen LogP contribution is -2.56. The number of allylic oxidation sites excluding steroid dienone is 3. The van der Waals surface area contributed by atoms with Crippen molar-refractivity contribution in [3.05, 3.63) is 53.6 Å². The monoisotopic (exact) mass is 351 g/mol. The van der Waals surface area contributed by atoms with Gasteiger partial charge in [-0.3, -0.25) is 0 Å². The molecule has 0 amide bonds. The Balaban J connectivity index is 1.69. The molecule has 0 saturated heterocycles. The topological polar surface area (TPSA) is 23.5 Å². The van der Waals surface area contributed by atoms with Gasteiger partial charge in [0, 0.05) is 18.0 Å². The summed E-state index contributed by atoms with van der Waals surface area (Å²) in [5.41, 5.74) is 3.02. The number of hydrogen-bond acceptors (Lipinski definition) is 2. The van der Waals surface area contributed by atoms with E-state index in [-0.39, 0.29) is 5.41 Å². The quantitative estimate of drug-likeness (QED) is 0.807. The van der Waals surface area contributed by atoms with Crippen LogP contribution in [0, 0.1) is 11.8 Å². The van der Waals surface area contributed by atoms with Crippen LogP contribution in [0.1, 0.15) is 56.6 Å². The van der Waals surface area contributed by atoms with Crippen LogP contribution < -0.4 is 0 Å². The molecule has 2 nitrogen and oxygen atoms in total. The van der Waals surface area contributed by atoms with Crippen molar-refractivity contribution in [3.8, 4) is 5.75 Å². The van der Waals surface area contributed by atoms with Gasteiger partial charge in [0.2, 0.25) is 0 Å². The molecule has 1 saturated carbocycles. The predicted octanol–water partition coefficient (Wildman–Crippen LogP) is 5.22. The Kier molecular flexibility index (Phi) is 4.96. The Morgan fingerprint density at radius 3 is 2.88 bits per heavy atom. The summed E-state index contributed by atoms with van der Waals surface area (Å²) in [6.45, 7) is 3.60. The second kappa shape index (κ2) is 7.23. The summed E-state index contributed by atoms with van der Waals surface area (Å²) >= 11 is 0. The molecular weight excluding hydrogens is 318 g/mol. The average molecular weight is 352 g/mol. The molecule has 0 aromatic heterocycles. The van der Waals surface area contributed by atoms with E-state index in [1.54, 1.807) is 0 Å². The molecule has 0 heterocycles. The molecule has 0 aliphatic heterocycles. The van der Waals surface area contributed by atoms with Crippen LogP contribution in [0.3, 0.4) is 0 Å². The zero-order chi connectivity index (χ0) is 18.1. The fourth-order valence-electron chi connectivity index (χ4n) is 6.06. The molecule has 4 atom stereocenters. The molecule has 2 bridgehead atoms. The number of aromatic hydroxyl groups is 1. The highest BCUT2D eigenvalue weighted by Crippen LogP contribution is 2.49. The van der Waals surface area contributed by atoms with Crippen molar-refractivity contribution >= 4 is 0 Å². The SMILES string of the molecule is CN(CC1C=CC=CC1)C1[C@H]2CCCCC[C@]1(C)c1cc(O)ccc1C2. The Bertz CT molecular complexity index is 706. The minimum absolute atomic E-state index is 0.139. The van der Waals surface area contributed by atoms with E-state index in [0.29, 0.717) is 17.7 Å². The molecule has 0 spiro atoms. The van der Waals surface area contributed by atoms with Gasteiger partial charge in [0.1, 0.15) is 5.75 Å². The predicted molar refractivity (Wildman–Crippen MR) is 109 cm³/mol. The van der Waals surface area contributed by atoms with Crippen LogP contribution in [0.4, 0.5) is 0 Å². The molecule has 0 radical (unpaired) electrons. The second-order valence-electron chi connectivity index (χ2n) is 9.02. The average Bonchev–Trinajstić information content (AvgIpc) is 2.62. The van der Waals surface area contributed by atoms with Crippen LogP contribution in [0.2, 0.25) is 0 Å². The number of phenolic OH excluding ortho intramolecular Hbond substituents is 1. The van der Waals surface area contributed by atoms with Gasteiger partial charge in [0.05, 0.1) is 0 Å². The number of nitrogens with zero attached hydrogens (tertiary/aromatic N) is 1. The molecule has 4 rings (SSSR count). The molecule has 26 heavy (non-hydrogen) atoms. The third kappa shape index (κ3) is 3.24. The molecular formula is C24H33NO. The van der Waals surface area contributed by atoms with Crippen molar-refractivity contribution < 1.29 is 5.11 Å². The lowest BCUT2D eigenvalue weighted by molar-refractivity contribution is 0.0576. The van der Waals surface area contributed by atoms with E-state index in [4.69, 9.17) is 0 Å². The molecule has 3 aliphatic rings.